The fourth-order valence-electron chi connectivity index (χ4n) is 5.04. The molecule has 34 heavy (non-hydrogen) atoms. The van der Waals surface area contributed by atoms with Crippen molar-refractivity contribution < 1.29 is 14.4 Å². The van der Waals surface area contributed by atoms with Gasteiger partial charge in [0.1, 0.15) is 17.1 Å². The first-order chi connectivity index (χ1) is 16.0. The minimum atomic E-state index is -0.951. The minimum absolute atomic E-state index is 0.0426. The van der Waals surface area contributed by atoms with E-state index in [1.165, 1.54) is 27.4 Å². The average Bonchev–Trinajstić information content (AvgIpc) is 3.41. The Morgan fingerprint density at radius 1 is 1.21 bits per heavy atom. The number of nitrogens with one attached hydrogen (secondary N) is 2. The molecule has 182 valence electrons. The molecule has 1 saturated heterocycles. The zero-order valence-corrected chi connectivity index (χ0v) is 21.3. The van der Waals surface area contributed by atoms with Gasteiger partial charge in [0.05, 0.1) is 0 Å². The second kappa shape index (κ2) is 9.49. The molecule has 0 radical (unpaired) electrons. The van der Waals surface area contributed by atoms with Gasteiger partial charge >= 0.3 is 0 Å². The van der Waals surface area contributed by atoms with E-state index >= 15 is 0 Å². The van der Waals surface area contributed by atoms with Gasteiger partial charge in [-0.3, -0.25) is 14.4 Å². The summed E-state index contributed by atoms with van der Waals surface area (Å²) in [5, 5.41) is 8.37. The summed E-state index contributed by atoms with van der Waals surface area (Å²) >= 11 is 1.33. The van der Waals surface area contributed by atoms with E-state index in [0.29, 0.717) is 11.4 Å². The minimum Gasteiger partial charge on any atom is -0.349 e. The first kappa shape index (κ1) is 24.4. The number of nitrogens with zero attached hydrogens (tertiary/aromatic N) is 2. The highest BCUT2D eigenvalue weighted by Crippen LogP contribution is 2.35. The van der Waals surface area contributed by atoms with Crippen molar-refractivity contribution in [3.8, 4) is 0 Å². The Bertz CT molecular complexity index is 1040. The predicted molar refractivity (Wildman–Crippen MR) is 132 cm³/mol. The standard InChI is InChI=1S/C26H34N4O3S/c1-15(2)12-19-22(31)28-20(18-13-16-8-6-7-9-17(16)14-18)25(33)30(19)21(24-27-10-11-34-24)23(32)29-26(3,4)5/h6-11,15,18-21H,12-14H2,1-5H3,(H,28,31)(H,29,32). The van der Waals surface area contributed by atoms with Crippen molar-refractivity contribution in [1.82, 2.24) is 20.5 Å². The molecule has 1 aromatic heterocycles. The molecule has 1 aromatic carbocycles. The molecule has 0 bridgehead atoms. The van der Waals surface area contributed by atoms with Gasteiger partial charge in [0, 0.05) is 17.1 Å². The van der Waals surface area contributed by atoms with Crippen molar-refractivity contribution in [3.63, 3.8) is 0 Å². The number of benzene rings is 1. The Kier molecular flexibility index (Phi) is 6.80. The molecule has 2 N–H and O–H groups in total. The number of piperazine rings is 1. The Balaban J connectivity index is 1.72. The monoisotopic (exact) mass is 482 g/mol. The van der Waals surface area contributed by atoms with Gasteiger partial charge in [-0.1, -0.05) is 38.1 Å². The van der Waals surface area contributed by atoms with Gasteiger partial charge in [-0.2, -0.15) is 0 Å². The number of carbonyl (C=O) groups is 3. The third-order valence-corrected chi connectivity index (χ3v) is 7.24. The highest BCUT2D eigenvalue weighted by molar-refractivity contribution is 7.09. The van der Waals surface area contributed by atoms with Gasteiger partial charge in [0.25, 0.3) is 0 Å². The largest absolute Gasteiger partial charge is 0.349 e. The number of hydrogen-bond acceptors (Lipinski definition) is 5. The summed E-state index contributed by atoms with van der Waals surface area (Å²) in [5.41, 5.74) is 1.94. The van der Waals surface area contributed by atoms with Crippen molar-refractivity contribution in [1.29, 1.82) is 0 Å². The molecule has 8 heteroatoms. The Hall–Kier alpha value is -2.74. The van der Waals surface area contributed by atoms with Crippen molar-refractivity contribution >= 4 is 29.1 Å². The number of aromatic nitrogens is 1. The summed E-state index contributed by atoms with van der Waals surface area (Å²) in [6, 6.07) is 5.82. The molecule has 3 amide bonds. The normalized spacial score (nSPS) is 22.0. The summed E-state index contributed by atoms with van der Waals surface area (Å²) in [5.74, 6) is -0.584. The zero-order chi connectivity index (χ0) is 24.6. The fraction of sp³-hybridized carbons (Fsp3) is 0.538. The molecule has 2 heterocycles. The van der Waals surface area contributed by atoms with Crippen LogP contribution in [0.3, 0.4) is 0 Å². The van der Waals surface area contributed by atoms with E-state index in [-0.39, 0.29) is 29.6 Å². The maximum absolute atomic E-state index is 14.1. The van der Waals surface area contributed by atoms with Crippen LogP contribution in [0.15, 0.2) is 35.8 Å². The topological polar surface area (TPSA) is 91.4 Å². The smallest absolute Gasteiger partial charge is 0.250 e. The molecular weight excluding hydrogens is 448 g/mol. The SMILES string of the molecule is CC(C)CC1C(=O)NC(C2Cc3ccccc3C2)C(=O)N1C(C(=O)NC(C)(C)C)c1nccs1. The lowest BCUT2D eigenvalue weighted by molar-refractivity contribution is -0.158. The van der Waals surface area contributed by atoms with E-state index in [1.54, 1.807) is 11.6 Å². The number of thiazole rings is 1. The average molecular weight is 483 g/mol. The molecule has 1 aliphatic heterocycles. The van der Waals surface area contributed by atoms with E-state index < -0.39 is 23.7 Å². The molecule has 2 aromatic rings. The van der Waals surface area contributed by atoms with E-state index in [0.717, 1.165) is 12.8 Å². The van der Waals surface area contributed by atoms with Crippen LogP contribution in [0, 0.1) is 11.8 Å². The molecule has 1 fully saturated rings. The summed E-state index contributed by atoms with van der Waals surface area (Å²) < 4.78 is 0. The van der Waals surface area contributed by atoms with Crippen LogP contribution in [0.5, 0.6) is 0 Å². The number of hydrogen-bond donors (Lipinski definition) is 2. The van der Waals surface area contributed by atoms with Crippen LogP contribution in [-0.2, 0) is 27.2 Å². The molecule has 3 unspecified atom stereocenters. The van der Waals surface area contributed by atoms with Crippen LogP contribution in [0.2, 0.25) is 0 Å². The predicted octanol–water partition coefficient (Wildman–Crippen LogP) is 3.26. The van der Waals surface area contributed by atoms with Crippen molar-refractivity contribution in [2.75, 3.05) is 0 Å². The van der Waals surface area contributed by atoms with Crippen LogP contribution >= 0.6 is 11.3 Å². The van der Waals surface area contributed by atoms with Crippen LogP contribution in [0.4, 0.5) is 0 Å². The van der Waals surface area contributed by atoms with Crippen molar-refractivity contribution in [2.45, 2.75) is 77.5 Å². The highest BCUT2D eigenvalue weighted by Gasteiger charge is 2.50. The number of fused-ring (bicyclic) bond motifs is 1. The van der Waals surface area contributed by atoms with E-state index in [2.05, 4.69) is 27.8 Å². The molecule has 4 rings (SSSR count). The molecule has 1 aliphatic carbocycles. The van der Waals surface area contributed by atoms with Crippen LogP contribution in [-0.4, -0.2) is 45.2 Å². The second-order valence-corrected chi connectivity index (χ2v) is 11.8. The molecule has 0 saturated carbocycles. The zero-order valence-electron chi connectivity index (χ0n) is 20.5. The lowest BCUT2D eigenvalue weighted by Crippen LogP contribution is -2.67. The Morgan fingerprint density at radius 2 is 1.85 bits per heavy atom. The van der Waals surface area contributed by atoms with Crippen LogP contribution in [0.25, 0.3) is 0 Å². The molecule has 2 aliphatic rings. The Labute approximate surface area is 205 Å². The first-order valence-electron chi connectivity index (χ1n) is 12.0. The van der Waals surface area contributed by atoms with E-state index in [9.17, 15) is 14.4 Å². The van der Waals surface area contributed by atoms with Gasteiger partial charge in [-0.15, -0.1) is 11.3 Å². The summed E-state index contributed by atoms with van der Waals surface area (Å²) in [4.78, 5) is 47.1. The lowest BCUT2D eigenvalue weighted by Gasteiger charge is -2.44. The lowest BCUT2D eigenvalue weighted by atomic mass is 9.89. The van der Waals surface area contributed by atoms with Crippen LogP contribution < -0.4 is 10.6 Å². The molecule has 3 atom stereocenters. The fourth-order valence-corrected chi connectivity index (χ4v) is 5.77. The summed E-state index contributed by atoms with van der Waals surface area (Å²) in [6.45, 7) is 9.74. The van der Waals surface area contributed by atoms with Gasteiger partial charge in [0.15, 0.2) is 6.04 Å². The maximum Gasteiger partial charge on any atom is 0.250 e. The maximum atomic E-state index is 14.1. The van der Waals surface area contributed by atoms with Crippen molar-refractivity contribution in [2.24, 2.45) is 11.8 Å². The highest BCUT2D eigenvalue weighted by atomic mass is 32.1. The number of rotatable bonds is 6. The number of amides is 3. The van der Waals surface area contributed by atoms with Gasteiger partial charge in [0.2, 0.25) is 17.7 Å². The third-order valence-electron chi connectivity index (χ3n) is 6.42. The van der Waals surface area contributed by atoms with E-state index in [4.69, 9.17) is 0 Å². The van der Waals surface area contributed by atoms with Gasteiger partial charge < -0.3 is 15.5 Å². The van der Waals surface area contributed by atoms with Crippen LogP contribution in [0.1, 0.15) is 63.2 Å². The quantitative estimate of drug-likeness (QED) is 0.661. The molecular formula is C26H34N4O3S. The summed E-state index contributed by atoms with van der Waals surface area (Å²) in [6.07, 6.45) is 3.56. The third kappa shape index (κ3) is 5.02. The van der Waals surface area contributed by atoms with Gasteiger partial charge in [-0.05, 0) is 63.0 Å². The molecule has 7 nitrogen and oxygen atoms in total. The summed E-state index contributed by atoms with van der Waals surface area (Å²) in [7, 11) is 0. The Morgan fingerprint density at radius 3 is 2.38 bits per heavy atom. The number of carbonyl (C=O) groups excluding carboxylic acids is 3. The second-order valence-electron chi connectivity index (χ2n) is 10.8. The first-order valence-corrected chi connectivity index (χ1v) is 12.8. The van der Waals surface area contributed by atoms with Crippen molar-refractivity contribution in [3.05, 3.63) is 52.0 Å². The van der Waals surface area contributed by atoms with E-state index in [1.807, 2.05) is 46.8 Å². The molecule has 0 spiro atoms. The van der Waals surface area contributed by atoms with Gasteiger partial charge in [-0.25, -0.2) is 4.98 Å².